The molecule has 1 aromatic rings. The molecule has 1 fully saturated rings. The molecule has 0 amide bonds. The molecule has 0 unspecified atom stereocenters. The Morgan fingerprint density at radius 3 is 2.59 bits per heavy atom. The van der Waals surface area contributed by atoms with Gasteiger partial charge in [0.05, 0.1) is 13.2 Å². The first-order valence-corrected chi connectivity index (χ1v) is 6.12. The molecule has 1 aliphatic heterocycles. The van der Waals surface area contributed by atoms with Gasteiger partial charge in [0.25, 0.3) is 0 Å². The van der Waals surface area contributed by atoms with E-state index in [1.165, 1.54) is 0 Å². The number of phenolic OH excluding ortho intramolecular Hbond substituents is 1. The number of fused-ring (bicyclic) bond motifs is 1. The molecule has 17 heavy (non-hydrogen) atoms. The zero-order valence-electron chi connectivity index (χ0n) is 9.74. The SMILES string of the molecule is NC1(c2ccc3c(c2O)OCCCO3)CCC1. The molecule has 4 nitrogen and oxygen atoms in total. The molecule has 2 aliphatic rings. The van der Waals surface area contributed by atoms with E-state index >= 15 is 0 Å². The van der Waals surface area contributed by atoms with Crippen LogP contribution in [0.5, 0.6) is 17.2 Å². The standard InChI is InChI=1S/C13H17NO3/c14-13(5-1-6-13)9-3-4-10-12(11(9)15)17-8-2-7-16-10/h3-4,15H,1-2,5-8,14H2. The second-order valence-electron chi connectivity index (χ2n) is 4.85. The lowest BCUT2D eigenvalue weighted by molar-refractivity contribution is 0.239. The lowest BCUT2D eigenvalue weighted by Gasteiger charge is -2.39. The van der Waals surface area contributed by atoms with E-state index < -0.39 is 0 Å². The fourth-order valence-electron chi connectivity index (χ4n) is 2.45. The summed E-state index contributed by atoms with van der Waals surface area (Å²) in [5.41, 5.74) is 6.65. The minimum absolute atomic E-state index is 0.159. The topological polar surface area (TPSA) is 64.7 Å². The van der Waals surface area contributed by atoms with Crippen molar-refractivity contribution in [1.82, 2.24) is 0 Å². The summed E-state index contributed by atoms with van der Waals surface area (Å²) in [6.07, 6.45) is 3.78. The van der Waals surface area contributed by atoms with Crippen LogP contribution in [0.4, 0.5) is 0 Å². The van der Waals surface area contributed by atoms with Crippen molar-refractivity contribution >= 4 is 0 Å². The van der Waals surface area contributed by atoms with Gasteiger partial charge in [0.1, 0.15) is 0 Å². The lowest BCUT2D eigenvalue weighted by atomic mass is 9.72. The van der Waals surface area contributed by atoms with Gasteiger partial charge in [-0.3, -0.25) is 0 Å². The molecule has 0 saturated heterocycles. The molecule has 0 radical (unpaired) electrons. The number of benzene rings is 1. The number of rotatable bonds is 1. The second kappa shape index (κ2) is 3.81. The van der Waals surface area contributed by atoms with Crippen LogP contribution < -0.4 is 15.2 Å². The van der Waals surface area contributed by atoms with E-state index in [-0.39, 0.29) is 11.3 Å². The molecule has 1 aromatic carbocycles. The summed E-state index contributed by atoms with van der Waals surface area (Å²) in [4.78, 5) is 0. The van der Waals surface area contributed by atoms with Gasteiger partial charge in [0.2, 0.25) is 5.75 Å². The fourth-order valence-corrected chi connectivity index (χ4v) is 2.45. The first-order valence-electron chi connectivity index (χ1n) is 6.12. The highest BCUT2D eigenvalue weighted by molar-refractivity contribution is 5.57. The van der Waals surface area contributed by atoms with Gasteiger partial charge in [-0.15, -0.1) is 0 Å². The first kappa shape index (κ1) is 10.7. The average molecular weight is 235 g/mol. The van der Waals surface area contributed by atoms with E-state index in [1.54, 1.807) is 0 Å². The molecule has 92 valence electrons. The molecular weight excluding hydrogens is 218 g/mol. The summed E-state index contributed by atoms with van der Waals surface area (Å²) in [7, 11) is 0. The predicted octanol–water partition coefficient (Wildman–Crippen LogP) is 1.89. The highest BCUT2D eigenvalue weighted by Gasteiger charge is 2.38. The molecule has 0 spiro atoms. The van der Waals surface area contributed by atoms with Crippen LogP contribution in [0, 0.1) is 0 Å². The second-order valence-corrected chi connectivity index (χ2v) is 4.85. The van der Waals surface area contributed by atoms with Gasteiger partial charge in [0, 0.05) is 17.5 Å². The minimum atomic E-state index is -0.380. The molecule has 1 saturated carbocycles. The lowest BCUT2D eigenvalue weighted by Crippen LogP contribution is -2.43. The van der Waals surface area contributed by atoms with Crippen LogP contribution in [0.15, 0.2) is 12.1 Å². The fraction of sp³-hybridized carbons (Fsp3) is 0.538. The minimum Gasteiger partial charge on any atom is -0.504 e. The molecule has 3 rings (SSSR count). The van der Waals surface area contributed by atoms with Gasteiger partial charge in [-0.1, -0.05) is 0 Å². The monoisotopic (exact) mass is 235 g/mol. The molecule has 0 aromatic heterocycles. The summed E-state index contributed by atoms with van der Waals surface area (Å²) in [5, 5.41) is 10.3. The van der Waals surface area contributed by atoms with Crippen LogP contribution in [0.1, 0.15) is 31.2 Å². The van der Waals surface area contributed by atoms with Crippen LogP contribution in [0.2, 0.25) is 0 Å². The number of aromatic hydroxyl groups is 1. The van der Waals surface area contributed by atoms with Crippen LogP contribution in [-0.4, -0.2) is 18.3 Å². The van der Waals surface area contributed by atoms with Crippen molar-refractivity contribution in [2.45, 2.75) is 31.2 Å². The van der Waals surface area contributed by atoms with E-state index in [1.807, 2.05) is 12.1 Å². The van der Waals surface area contributed by atoms with Crippen molar-refractivity contribution in [2.24, 2.45) is 5.73 Å². The maximum absolute atomic E-state index is 10.3. The smallest absolute Gasteiger partial charge is 0.203 e. The summed E-state index contributed by atoms with van der Waals surface area (Å²) >= 11 is 0. The Morgan fingerprint density at radius 2 is 1.88 bits per heavy atom. The number of hydrogen-bond acceptors (Lipinski definition) is 4. The largest absolute Gasteiger partial charge is 0.504 e. The molecule has 3 N–H and O–H groups in total. The van der Waals surface area contributed by atoms with E-state index in [2.05, 4.69) is 0 Å². The van der Waals surface area contributed by atoms with Gasteiger partial charge in [-0.25, -0.2) is 0 Å². The molecule has 4 heteroatoms. The van der Waals surface area contributed by atoms with Crippen molar-refractivity contribution < 1.29 is 14.6 Å². The number of nitrogens with two attached hydrogens (primary N) is 1. The van der Waals surface area contributed by atoms with Gasteiger partial charge in [-0.2, -0.15) is 0 Å². The van der Waals surface area contributed by atoms with E-state index in [0.29, 0.717) is 24.7 Å². The van der Waals surface area contributed by atoms with Crippen molar-refractivity contribution in [3.05, 3.63) is 17.7 Å². The maximum Gasteiger partial charge on any atom is 0.203 e. The molecule has 0 bridgehead atoms. The van der Waals surface area contributed by atoms with Crippen LogP contribution in [-0.2, 0) is 5.54 Å². The summed E-state index contributed by atoms with van der Waals surface area (Å²) in [6, 6.07) is 3.71. The van der Waals surface area contributed by atoms with Gasteiger partial charge in [-0.05, 0) is 31.4 Å². The summed E-state index contributed by atoms with van der Waals surface area (Å²) in [5.74, 6) is 1.23. The third-order valence-electron chi connectivity index (χ3n) is 3.67. The van der Waals surface area contributed by atoms with Gasteiger partial charge >= 0.3 is 0 Å². The maximum atomic E-state index is 10.3. The van der Waals surface area contributed by atoms with E-state index in [4.69, 9.17) is 15.2 Å². The third-order valence-corrected chi connectivity index (χ3v) is 3.67. The van der Waals surface area contributed by atoms with Crippen LogP contribution in [0.25, 0.3) is 0 Å². The zero-order valence-corrected chi connectivity index (χ0v) is 9.74. The third kappa shape index (κ3) is 1.63. The van der Waals surface area contributed by atoms with E-state index in [0.717, 1.165) is 31.2 Å². The van der Waals surface area contributed by atoms with Crippen LogP contribution in [0.3, 0.4) is 0 Å². The zero-order chi connectivity index (χ0) is 11.9. The Hall–Kier alpha value is -1.42. The van der Waals surface area contributed by atoms with Crippen molar-refractivity contribution in [2.75, 3.05) is 13.2 Å². The Kier molecular flexibility index (Phi) is 2.40. The predicted molar refractivity (Wildman–Crippen MR) is 63.4 cm³/mol. The molecule has 1 heterocycles. The number of hydrogen-bond donors (Lipinski definition) is 2. The summed E-state index contributed by atoms with van der Waals surface area (Å²) < 4.78 is 11.1. The van der Waals surface area contributed by atoms with Gasteiger partial charge in [0.15, 0.2) is 11.5 Å². The highest BCUT2D eigenvalue weighted by atomic mass is 16.5. The van der Waals surface area contributed by atoms with Crippen molar-refractivity contribution in [1.29, 1.82) is 0 Å². The number of ether oxygens (including phenoxy) is 2. The van der Waals surface area contributed by atoms with Gasteiger partial charge < -0.3 is 20.3 Å². The summed E-state index contributed by atoms with van der Waals surface area (Å²) in [6.45, 7) is 1.20. The van der Waals surface area contributed by atoms with Crippen molar-refractivity contribution in [3.63, 3.8) is 0 Å². The number of phenols is 1. The highest BCUT2D eigenvalue weighted by Crippen LogP contribution is 2.49. The van der Waals surface area contributed by atoms with Crippen LogP contribution >= 0.6 is 0 Å². The Labute approximate surface area is 100 Å². The Morgan fingerprint density at radius 1 is 1.12 bits per heavy atom. The van der Waals surface area contributed by atoms with Crippen molar-refractivity contribution in [3.8, 4) is 17.2 Å². The quantitative estimate of drug-likeness (QED) is 0.780. The Balaban J connectivity index is 2.04. The van der Waals surface area contributed by atoms with E-state index in [9.17, 15) is 5.11 Å². The molecular formula is C13H17NO3. The molecule has 0 atom stereocenters. The molecule has 1 aliphatic carbocycles. The first-order chi connectivity index (χ1) is 8.21. The Bertz CT molecular complexity index is 441. The normalized spacial score (nSPS) is 21.5. The average Bonchev–Trinajstić information content (AvgIpc) is 2.52.